The van der Waals surface area contributed by atoms with Crippen LogP contribution < -0.4 is 4.74 Å². The van der Waals surface area contributed by atoms with Crippen LogP contribution in [0.1, 0.15) is 0 Å². The maximum atomic E-state index is 10.2. The van der Waals surface area contributed by atoms with Crippen LogP contribution in [0.5, 0.6) is 11.5 Å². The van der Waals surface area contributed by atoms with Gasteiger partial charge in [-0.2, -0.15) is 0 Å². The summed E-state index contributed by atoms with van der Waals surface area (Å²) in [5.41, 5.74) is 2.24. The van der Waals surface area contributed by atoms with Gasteiger partial charge in [0.2, 0.25) is 0 Å². The Morgan fingerprint density at radius 2 is 1.30 bits per heavy atom. The number of benzene rings is 3. The van der Waals surface area contributed by atoms with E-state index in [1.807, 2.05) is 60.7 Å². The highest BCUT2D eigenvalue weighted by Gasteiger charge is 2.14. The van der Waals surface area contributed by atoms with E-state index < -0.39 is 0 Å². The second-order valence-corrected chi connectivity index (χ2v) is 5.92. The average Bonchev–Trinajstić information content (AvgIpc) is 2.74. The molecule has 0 aliphatic rings. The van der Waals surface area contributed by atoms with Gasteiger partial charge < -0.3 is 9.84 Å². The molecule has 132 valence electrons. The molecule has 0 unspecified atom stereocenters. The lowest BCUT2D eigenvalue weighted by atomic mass is 10.1. The van der Waals surface area contributed by atoms with Crippen LogP contribution in [0.25, 0.3) is 34.2 Å². The molecule has 4 rings (SSSR count). The third kappa shape index (κ3) is 3.48. The molecule has 4 aromatic rings. The van der Waals surface area contributed by atoms with Gasteiger partial charge in [-0.25, -0.2) is 15.0 Å². The lowest BCUT2D eigenvalue weighted by Crippen LogP contribution is -2.00. The number of rotatable bonds is 4. The first kappa shape index (κ1) is 16.7. The molecule has 0 aliphatic heterocycles. The predicted octanol–water partition coefficient (Wildman–Crippen LogP) is 4.59. The van der Waals surface area contributed by atoms with E-state index in [9.17, 15) is 5.11 Å². The zero-order valence-electron chi connectivity index (χ0n) is 14.7. The molecule has 1 heterocycles. The Bertz CT molecular complexity index is 1080. The number of aromatic hydroxyl groups is 1. The van der Waals surface area contributed by atoms with Crippen LogP contribution in [0, 0.1) is 0 Å². The van der Waals surface area contributed by atoms with Crippen molar-refractivity contribution in [2.45, 2.75) is 0 Å². The van der Waals surface area contributed by atoms with Crippen LogP contribution >= 0.6 is 0 Å². The van der Waals surface area contributed by atoms with Crippen molar-refractivity contribution in [2.24, 2.45) is 0 Å². The highest BCUT2D eigenvalue weighted by atomic mass is 16.5. The van der Waals surface area contributed by atoms with Crippen molar-refractivity contribution in [3.05, 3.63) is 78.9 Å². The summed E-state index contributed by atoms with van der Waals surface area (Å²) >= 11 is 0. The van der Waals surface area contributed by atoms with Crippen LogP contribution in [-0.2, 0) is 0 Å². The molecule has 27 heavy (non-hydrogen) atoms. The fourth-order valence-electron chi connectivity index (χ4n) is 2.77. The van der Waals surface area contributed by atoms with Gasteiger partial charge in [0.25, 0.3) is 0 Å². The van der Waals surface area contributed by atoms with Crippen molar-refractivity contribution in [2.75, 3.05) is 7.11 Å². The first-order chi connectivity index (χ1) is 13.2. The molecule has 5 heteroatoms. The third-order valence-electron chi connectivity index (χ3n) is 4.14. The first-order valence-electron chi connectivity index (χ1n) is 8.49. The number of nitrogens with zero attached hydrogens (tertiary/aromatic N) is 3. The van der Waals surface area contributed by atoms with Gasteiger partial charge in [-0.3, -0.25) is 0 Å². The van der Waals surface area contributed by atoms with Gasteiger partial charge in [-0.1, -0.05) is 54.6 Å². The number of hydrogen-bond donors (Lipinski definition) is 1. The summed E-state index contributed by atoms with van der Waals surface area (Å²) in [6.07, 6.45) is 0. The summed E-state index contributed by atoms with van der Waals surface area (Å²) in [7, 11) is 1.62. The molecular weight excluding hydrogens is 338 g/mol. The summed E-state index contributed by atoms with van der Waals surface area (Å²) in [6, 6.07) is 24.3. The molecule has 0 saturated heterocycles. The van der Waals surface area contributed by atoms with Crippen molar-refractivity contribution in [1.29, 1.82) is 0 Å². The minimum absolute atomic E-state index is 0.124. The first-order valence-corrected chi connectivity index (χ1v) is 8.49. The quantitative estimate of drug-likeness (QED) is 0.580. The Labute approximate surface area is 157 Å². The van der Waals surface area contributed by atoms with E-state index in [1.165, 1.54) is 0 Å². The summed E-state index contributed by atoms with van der Waals surface area (Å²) in [5, 5.41) is 10.2. The summed E-state index contributed by atoms with van der Waals surface area (Å²) in [6.45, 7) is 0. The average molecular weight is 355 g/mol. The van der Waals surface area contributed by atoms with Gasteiger partial charge in [0.1, 0.15) is 11.5 Å². The molecule has 0 fully saturated rings. The maximum Gasteiger partial charge on any atom is 0.167 e. The van der Waals surface area contributed by atoms with Gasteiger partial charge in [0.05, 0.1) is 12.7 Å². The molecule has 0 atom stereocenters. The van der Waals surface area contributed by atoms with Crippen LogP contribution in [0.4, 0.5) is 0 Å². The molecular formula is C22H17N3O2. The highest BCUT2D eigenvalue weighted by Crippen LogP contribution is 2.30. The van der Waals surface area contributed by atoms with E-state index in [4.69, 9.17) is 4.74 Å². The Kier molecular flexibility index (Phi) is 4.49. The van der Waals surface area contributed by atoms with E-state index in [1.54, 1.807) is 25.3 Å². The van der Waals surface area contributed by atoms with Gasteiger partial charge in [-0.05, 0) is 24.3 Å². The summed E-state index contributed by atoms with van der Waals surface area (Å²) < 4.78 is 5.31. The number of phenols is 1. The van der Waals surface area contributed by atoms with Crippen molar-refractivity contribution in [3.63, 3.8) is 0 Å². The molecule has 0 radical (unpaired) electrons. The Morgan fingerprint density at radius 1 is 0.667 bits per heavy atom. The van der Waals surface area contributed by atoms with E-state index in [0.717, 1.165) is 16.9 Å². The molecule has 0 aliphatic carbocycles. The number of aromatic nitrogens is 3. The molecule has 5 nitrogen and oxygen atoms in total. The molecule has 0 bridgehead atoms. The fourth-order valence-corrected chi connectivity index (χ4v) is 2.77. The zero-order chi connectivity index (χ0) is 18.6. The topological polar surface area (TPSA) is 68.1 Å². The monoisotopic (exact) mass is 355 g/mol. The van der Waals surface area contributed by atoms with Crippen molar-refractivity contribution < 1.29 is 9.84 Å². The van der Waals surface area contributed by atoms with Crippen molar-refractivity contribution in [1.82, 2.24) is 15.0 Å². The lowest BCUT2D eigenvalue weighted by Gasteiger charge is -2.09. The van der Waals surface area contributed by atoms with Crippen LogP contribution in [0.15, 0.2) is 78.9 Å². The summed E-state index contributed by atoms with van der Waals surface area (Å²) in [5.74, 6) is 2.32. The van der Waals surface area contributed by atoms with E-state index in [2.05, 4.69) is 15.0 Å². The van der Waals surface area contributed by atoms with Gasteiger partial charge in [0, 0.05) is 11.1 Å². The number of hydrogen-bond acceptors (Lipinski definition) is 5. The van der Waals surface area contributed by atoms with Gasteiger partial charge >= 0.3 is 0 Å². The van der Waals surface area contributed by atoms with Crippen molar-refractivity contribution >= 4 is 0 Å². The Balaban J connectivity index is 1.93. The van der Waals surface area contributed by atoms with E-state index in [0.29, 0.717) is 23.0 Å². The lowest BCUT2D eigenvalue weighted by molar-refractivity contribution is 0.415. The van der Waals surface area contributed by atoms with Crippen LogP contribution in [-0.4, -0.2) is 27.2 Å². The third-order valence-corrected chi connectivity index (χ3v) is 4.14. The summed E-state index contributed by atoms with van der Waals surface area (Å²) in [4.78, 5) is 13.8. The number of phenolic OH excluding ortho intramolecular Hbond substituents is 1. The second-order valence-electron chi connectivity index (χ2n) is 5.92. The number of para-hydroxylation sites is 1. The van der Waals surface area contributed by atoms with Crippen molar-refractivity contribution in [3.8, 4) is 45.7 Å². The van der Waals surface area contributed by atoms with E-state index in [-0.39, 0.29) is 5.75 Å². The predicted molar refractivity (Wildman–Crippen MR) is 104 cm³/mol. The minimum Gasteiger partial charge on any atom is -0.507 e. The molecule has 0 spiro atoms. The van der Waals surface area contributed by atoms with Gasteiger partial charge in [-0.15, -0.1) is 0 Å². The molecule has 0 amide bonds. The minimum atomic E-state index is 0.124. The van der Waals surface area contributed by atoms with E-state index >= 15 is 0 Å². The SMILES string of the molecule is COc1cccc(-c2nc(-c3ccccc3)nc(-c3ccccc3O)n2)c1. The Hall–Kier alpha value is -3.73. The molecule has 1 aromatic heterocycles. The molecule has 1 N–H and O–H groups in total. The van der Waals surface area contributed by atoms with Crippen LogP contribution in [0.3, 0.4) is 0 Å². The largest absolute Gasteiger partial charge is 0.507 e. The van der Waals surface area contributed by atoms with Gasteiger partial charge in [0.15, 0.2) is 17.5 Å². The van der Waals surface area contributed by atoms with Crippen LogP contribution in [0.2, 0.25) is 0 Å². The standard InChI is InChI=1S/C22H17N3O2/c1-27-17-11-7-10-16(14-17)21-23-20(15-8-3-2-4-9-15)24-22(25-21)18-12-5-6-13-19(18)26/h2-14,26H,1H3. The fraction of sp³-hybridized carbons (Fsp3) is 0.0455. The zero-order valence-corrected chi connectivity index (χ0v) is 14.7. The number of methoxy groups -OCH3 is 1. The molecule has 0 saturated carbocycles. The smallest absolute Gasteiger partial charge is 0.167 e. The second kappa shape index (κ2) is 7.25. The normalized spacial score (nSPS) is 10.6. The Morgan fingerprint density at radius 3 is 2.04 bits per heavy atom. The molecule has 3 aromatic carbocycles. The maximum absolute atomic E-state index is 10.2. The highest BCUT2D eigenvalue weighted by molar-refractivity contribution is 5.69. The number of ether oxygens (including phenoxy) is 1.